The zero-order valence-electron chi connectivity index (χ0n) is 11.8. The van der Waals surface area contributed by atoms with Crippen molar-refractivity contribution in [2.24, 2.45) is 0 Å². The van der Waals surface area contributed by atoms with Gasteiger partial charge in [0.2, 0.25) is 5.82 Å². The van der Waals surface area contributed by atoms with Crippen LogP contribution in [0.25, 0.3) is 0 Å². The number of carbonyl (C=O) groups excluding carboxylic acids is 1. The van der Waals surface area contributed by atoms with E-state index in [0.29, 0.717) is 6.54 Å². The summed E-state index contributed by atoms with van der Waals surface area (Å²) in [5.41, 5.74) is 0.576. The second-order valence-corrected chi connectivity index (χ2v) is 6.15. The fraction of sp³-hybridized carbons (Fsp3) is 0.267. The smallest absolute Gasteiger partial charge is 0.305 e. The molecule has 5 nitrogen and oxygen atoms in total. The maximum absolute atomic E-state index is 13.4. The Labute approximate surface area is 130 Å². The standard InChI is InChI=1S/C15H13FN2O3S/c1-9-11-5-7-22-14(11)4-6-17(9)15(19)10-2-3-12(16)13(8-10)18(20)21/h2-3,5,7-9H,4,6H2,1H3/t9-/m1/s1. The van der Waals surface area contributed by atoms with Gasteiger partial charge < -0.3 is 4.90 Å². The van der Waals surface area contributed by atoms with E-state index in [-0.39, 0.29) is 17.5 Å². The normalized spacial score (nSPS) is 17.2. The largest absolute Gasteiger partial charge is 0.331 e. The van der Waals surface area contributed by atoms with Gasteiger partial charge in [0.05, 0.1) is 11.0 Å². The number of halogens is 1. The second-order valence-electron chi connectivity index (χ2n) is 5.15. The number of thiophene rings is 1. The van der Waals surface area contributed by atoms with Crippen molar-refractivity contribution < 1.29 is 14.1 Å². The average molecular weight is 320 g/mol. The fourth-order valence-electron chi connectivity index (χ4n) is 2.74. The molecule has 1 aliphatic heterocycles. The molecule has 1 aromatic heterocycles. The third kappa shape index (κ3) is 2.37. The highest BCUT2D eigenvalue weighted by atomic mass is 32.1. The summed E-state index contributed by atoms with van der Waals surface area (Å²) < 4.78 is 13.4. The molecule has 22 heavy (non-hydrogen) atoms. The molecule has 0 bridgehead atoms. The van der Waals surface area contributed by atoms with Crippen LogP contribution in [-0.2, 0) is 6.42 Å². The molecule has 2 heterocycles. The minimum absolute atomic E-state index is 0.0911. The van der Waals surface area contributed by atoms with Gasteiger partial charge in [-0.3, -0.25) is 14.9 Å². The van der Waals surface area contributed by atoms with Crippen LogP contribution in [0.2, 0.25) is 0 Å². The number of nitrogens with zero attached hydrogens (tertiary/aromatic N) is 2. The summed E-state index contributed by atoms with van der Waals surface area (Å²) in [5, 5.41) is 12.8. The minimum Gasteiger partial charge on any atom is -0.331 e. The van der Waals surface area contributed by atoms with Crippen LogP contribution in [0.5, 0.6) is 0 Å². The van der Waals surface area contributed by atoms with E-state index in [1.54, 1.807) is 16.2 Å². The topological polar surface area (TPSA) is 63.5 Å². The number of rotatable bonds is 2. The van der Waals surface area contributed by atoms with Gasteiger partial charge in [0.1, 0.15) is 0 Å². The Kier molecular flexibility index (Phi) is 3.66. The van der Waals surface area contributed by atoms with Crippen molar-refractivity contribution >= 4 is 22.9 Å². The highest BCUT2D eigenvalue weighted by Crippen LogP contribution is 2.34. The predicted octanol–water partition coefficient (Wildman–Crippen LogP) is 3.55. The second kappa shape index (κ2) is 5.49. The van der Waals surface area contributed by atoms with Crippen molar-refractivity contribution in [1.29, 1.82) is 0 Å². The molecule has 0 N–H and O–H groups in total. The number of amides is 1. The first-order chi connectivity index (χ1) is 10.5. The molecular weight excluding hydrogens is 307 g/mol. The van der Waals surface area contributed by atoms with E-state index in [9.17, 15) is 19.3 Å². The molecule has 7 heteroatoms. The third-order valence-corrected chi connectivity index (χ3v) is 4.92. The van der Waals surface area contributed by atoms with Gasteiger partial charge in [-0.1, -0.05) is 0 Å². The summed E-state index contributed by atoms with van der Waals surface area (Å²) >= 11 is 1.67. The summed E-state index contributed by atoms with van der Waals surface area (Å²) in [6, 6.07) is 5.17. The van der Waals surface area contributed by atoms with Crippen LogP contribution in [-0.4, -0.2) is 22.3 Å². The number of hydrogen-bond donors (Lipinski definition) is 0. The molecule has 2 aromatic rings. The van der Waals surface area contributed by atoms with E-state index in [0.717, 1.165) is 24.1 Å². The van der Waals surface area contributed by atoms with E-state index in [2.05, 4.69) is 0 Å². The molecule has 1 aliphatic rings. The Balaban J connectivity index is 1.92. The van der Waals surface area contributed by atoms with Gasteiger partial charge in [0.15, 0.2) is 0 Å². The zero-order valence-corrected chi connectivity index (χ0v) is 12.6. The van der Waals surface area contributed by atoms with Gasteiger partial charge in [-0.15, -0.1) is 11.3 Å². The first-order valence-electron chi connectivity index (χ1n) is 6.80. The van der Waals surface area contributed by atoms with Gasteiger partial charge in [0, 0.05) is 23.1 Å². The fourth-order valence-corrected chi connectivity index (χ4v) is 3.70. The van der Waals surface area contributed by atoms with Gasteiger partial charge in [-0.25, -0.2) is 0 Å². The van der Waals surface area contributed by atoms with Crippen LogP contribution in [0.1, 0.15) is 33.8 Å². The van der Waals surface area contributed by atoms with E-state index < -0.39 is 16.4 Å². The monoisotopic (exact) mass is 320 g/mol. The van der Waals surface area contributed by atoms with Crippen molar-refractivity contribution in [1.82, 2.24) is 4.90 Å². The first-order valence-corrected chi connectivity index (χ1v) is 7.68. The summed E-state index contributed by atoms with van der Waals surface area (Å²) in [4.78, 5) is 25.5. The number of hydrogen-bond acceptors (Lipinski definition) is 4. The molecule has 1 amide bonds. The molecule has 0 saturated heterocycles. The Bertz CT molecular complexity index is 759. The molecule has 114 valence electrons. The molecule has 0 unspecified atom stereocenters. The SMILES string of the molecule is C[C@@H]1c2ccsc2CCN1C(=O)c1ccc(F)c([N+](=O)[O-])c1. The van der Waals surface area contributed by atoms with Crippen LogP contribution in [0.15, 0.2) is 29.6 Å². The van der Waals surface area contributed by atoms with Crippen LogP contribution < -0.4 is 0 Å². The molecular formula is C15H13FN2O3S. The summed E-state index contributed by atoms with van der Waals surface area (Å²) in [7, 11) is 0. The minimum atomic E-state index is -0.937. The van der Waals surface area contributed by atoms with Crippen LogP contribution in [0, 0.1) is 15.9 Å². The Morgan fingerprint density at radius 1 is 1.45 bits per heavy atom. The molecule has 0 spiro atoms. The number of carbonyl (C=O) groups is 1. The lowest BCUT2D eigenvalue weighted by atomic mass is 10.00. The van der Waals surface area contributed by atoms with Gasteiger partial charge >= 0.3 is 5.69 Å². The van der Waals surface area contributed by atoms with Crippen LogP contribution in [0.4, 0.5) is 10.1 Å². The molecule has 1 atom stereocenters. The van der Waals surface area contributed by atoms with Gasteiger partial charge in [-0.05, 0) is 42.5 Å². The van der Waals surface area contributed by atoms with Crippen molar-refractivity contribution in [3.63, 3.8) is 0 Å². The number of nitro groups is 1. The summed E-state index contributed by atoms with van der Waals surface area (Å²) in [6.45, 7) is 2.49. The molecule has 0 radical (unpaired) electrons. The van der Waals surface area contributed by atoms with Crippen LogP contribution >= 0.6 is 11.3 Å². The lowest BCUT2D eigenvalue weighted by Gasteiger charge is -2.33. The Morgan fingerprint density at radius 3 is 2.95 bits per heavy atom. The highest BCUT2D eigenvalue weighted by Gasteiger charge is 2.30. The quantitative estimate of drug-likeness (QED) is 0.628. The van der Waals surface area contributed by atoms with Crippen molar-refractivity contribution in [2.45, 2.75) is 19.4 Å². The van der Waals surface area contributed by atoms with Crippen LogP contribution in [0.3, 0.4) is 0 Å². The van der Waals surface area contributed by atoms with Crippen molar-refractivity contribution in [2.75, 3.05) is 6.54 Å². The maximum atomic E-state index is 13.4. The van der Waals surface area contributed by atoms with E-state index in [1.165, 1.54) is 10.9 Å². The lowest BCUT2D eigenvalue weighted by Crippen LogP contribution is -2.38. The predicted molar refractivity (Wildman–Crippen MR) is 80.5 cm³/mol. The number of fused-ring (bicyclic) bond motifs is 1. The zero-order chi connectivity index (χ0) is 15.9. The molecule has 0 aliphatic carbocycles. The number of nitro benzene ring substituents is 1. The first kappa shape index (κ1) is 14.6. The highest BCUT2D eigenvalue weighted by molar-refractivity contribution is 7.10. The number of benzene rings is 1. The van der Waals surface area contributed by atoms with Gasteiger partial charge in [-0.2, -0.15) is 4.39 Å². The van der Waals surface area contributed by atoms with Crippen molar-refractivity contribution in [3.05, 3.63) is 61.6 Å². The van der Waals surface area contributed by atoms with Gasteiger partial charge in [0.25, 0.3) is 5.91 Å². The van der Waals surface area contributed by atoms with E-state index >= 15 is 0 Å². The Hall–Kier alpha value is -2.28. The van der Waals surface area contributed by atoms with E-state index in [4.69, 9.17) is 0 Å². The Morgan fingerprint density at radius 2 is 2.23 bits per heavy atom. The molecule has 3 rings (SSSR count). The third-order valence-electron chi connectivity index (χ3n) is 3.93. The molecule has 0 fully saturated rings. The lowest BCUT2D eigenvalue weighted by molar-refractivity contribution is -0.387. The average Bonchev–Trinajstić information content (AvgIpc) is 2.96. The summed E-state index contributed by atoms with van der Waals surface area (Å²) in [5.74, 6) is -1.25. The van der Waals surface area contributed by atoms with Crippen molar-refractivity contribution in [3.8, 4) is 0 Å². The van der Waals surface area contributed by atoms with E-state index in [1.807, 2.05) is 18.4 Å². The maximum Gasteiger partial charge on any atom is 0.305 e. The molecule has 0 saturated carbocycles. The summed E-state index contributed by atoms with van der Waals surface area (Å²) in [6.07, 6.45) is 0.770. The molecule has 1 aromatic carbocycles.